The number of halogens is 2. The van der Waals surface area contributed by atoms with E-state index < -0.39 is 6.11 Å². The maximum Gasteiger partial charge on any atom is 0.372 e. The van der Waals surface area contributed by atoms with E-state index in [0.717, 1.165) is 0 Å². The van der Waals surface area contributed by atoms with Gasteiger partial charge in [-0.1, -0.05) is 0 Å². The lowest BCUT2D eigenvalue weighted by Gasteiger charge is -2.01. The van der Waals surface area contributed by atoms with Gasteiger partial charge in [-0.05, 0) is 0 Å². The molecule has 1 fully saturated rings. The zero-order valence-corrected chi connectivity index (χ0v) is 3.58. The van der Waals surface area contributed by atoms with E-state index in [9.17, 15) is 8.78 Å². The van der Waals surface area contributed by atoms with Crippen LogP contribution in [0.25, 0.3) is 0 Å². The lowest BCUT2D eigenvalue weighted by atomic mass is 10.4. The van der Waals surface area contributed by atoms with E-state index in [4.69, 9.17) is 0 Å². The fraction of sp³-hybridized carbons (Fsp3) is 1.00. The maximum atomic E-state index is 11.7. The number of hydroxylamine groups is 1. The molecule has 0 atom stereocenters. The summed E-state index contributed by atoms with van der Waals surface area (Å²) in [4.78, 5) is 3.76. The van der Waals surface area contributed by atoms with Gasteiger partial charge >= 0.3 is 6.11 Å². The van der Waals surface area contributed by atoms with E-state index in [0.29, 0.717) is 0 Å². The van der Waals surface area contributed by atoms with Gasteiger partial charge in [-0.3, -0.25) is 0 Å². The zero-order chi connectivity index (χ0) is 5.33. The van der Waals surface area contributed by atoms with Gasteiger partial charge in [0, 0.05) is 6.54 Å². The Morgan fingerprint density at radius 1 is 1.57 bits per heavy atom. The van der Waals surface area contributed by atoms with Gasteiger partial charge in [0.25, 0.3) is 0 Å². The Hall–Kier alpha value is -0.220. The quantitative estimate of drug-likeness (QED) is 0.489. The normalized spacial score (nSPS) is 28.3. The maximum absolute atomic E-state index is 11.7. The van der Waals surface area contributed by atoms with Crippen LogP contribution < -0.4 is 5.48 Å². The van der Waals surface area contributed by atoms with Gasteiger partial charge in [0.05, 0.1) is 6.42 Å². The first kappa shape index (κ1) is 4.93. The highest BCUT2D eigenvalue weighted by atomic mass is 19.3. The van der Waals surface area contributed by atoms with Crippen LogP contribution in [0.15, 0.2) is 0 Å². The number of hydrogen-bond donors (Lipinski definition) is 1. The summed E-state index contributed by atoms with van der Waals surface area (Å²) in [6, 6.07) is 0. The van der Waals surface area contributed by atoms with Crippen LogP contribution in [0, 0.1) is 0 Å². The van der Waals surface area contributed by atoms with Gasteiger partial charge in [0.1, 0.15) is 0 Å². The highest BCUT2D eigenvalue weighted by molar-refractivity contribution is 4.57. The minimum atomic E-state index is -2.92. The van der Waals surface area contributed by atoms with Crippen LogP contribution in [0.4, 0.5) is 8.78 Å². The Morgan fingerprint density at radius 3 is 2.43 bits per heavy atom. The molecule has 0 bridgehead atoms. The standard InChI is InChI=1S/C3H5F2NO/c4-3(5)1-2-6-7-3/h6H,1-2H2. The summed E-state index contributed by atoms with van der Waals surface area (Å²) in [5.41, 5.74) is 2.06. The van der Waals surface area contributed by atoms with Crippen LogP contribution in [0.5, 0.6) is 0 Å². The molecule has 0 saturated carbocycles. The molecule has 0 aliphatic carbocycles. The van der Waals surface area contributed by atoms with Crippen LogP contribution in [-0.2, 0) is 4.84 Å². The molecule has 1 aliphatic rings. The lowest BCUT2D eigenvalue weighted by Crippen LogP contribution is -2.15. The van der Waals surface area contributed by atoms with Crippen molar-refractivity contribution in [2.24, 2.45) is 0 Å². The van der Waals surface area contributed by atoms with Crippen molar-refractivity contribution in [3.05, 3.63) is 0 Å². The Morgan fingerprint density at radius 2 is 2.29 bits per heavy atom. The molecule has 1 heterocycles. The molecule has 0 radical (unpaired) electrons. The predicted octanol–water partition coefficient (Wildman–Crippen LogP) is 0.504. The number of alkyl halides is 2. The van der Waals surface area contributed by atoms with Gasteiger partial charge in [0.15, 0.2) is 0 Å². The van der Waals surface area contributed by atoms with Crippen LogP contribution in [0.1, 0.15) is 6.42 Å². The molecule has 4 heteroatoms. The smallest absolute Gasteiger partial charge is 0.232 e. The molecule has 0 aromatic rings. The molecule has 0 spiro atoms. The van der Waals surface area contributed by atoms with Crippen LogP contribution >= 0.6 is 0 Å². The molecule has 42 valence electrons. The van der Waals surface area contributed by atoms with Crippen molar-refractivity contribution in [1.29, 1.82) is 0 Å². The summed E-state index contributed by atoms with van der Waals surface area (Å²) in [5, 5.41) is 0. The topological polar surface area (TPSA) is 21.3 Å². The van der Waals surface area contributed by atoms with Crippen LogP contribution in [-0.4, -0.2) is 12.7 Å². The zero-order valence-electron chi connectivity index (χ0n) is 3.58. The summed E-state index contributed by atoms with van der Waals surface area (Å²) in [6.07, 6.45) is -3.13. The fourth-order valence-electron chi connectivity index (χ4n) is 0.404. The monoisotopic (exact) mass is 109 g/mol. The number of nitrogens with one attached hydrogen (secondary N) is 1. The van der Waals surface area contributed by atoms with Crippen molar-refractivity contribution in [1.82, 2.24) is 5.48 Å². The minimum Gasteiger partial charge on any atom is -0.232 e. The van der Waals surface area contributed by atoms with E-state index in [1.807, 2.05) is 0 Å². The highest BCUT2D eigenvalue weighted by Gasteiger charge is 2.34. The molecule has 0 aromatic carbocycles. The summed E-state index contributed by atoms with van der Waals surface area (Å²) in [6.45, 7) is 0.243. The molecule has 0 amide bonds. The van der Waals surface area contributed by atoms with E-state index in [1.165, 1.54) is 0 Å². The molecule has 0 unspecified atom stereocenters. The van der Waals surface area contributed by atoms with Gasteiger partial charge in [0.2, 0.25) is 0 Å². The van der Waals surface area contributed by atoms with Crippen LogP contribution in [0.3, 0.4) is 0 Å². The fourth-order valence-corrected chi connectivity index (χ4v) is 0.404. The predicted molar refractivity (Wildman–Crippen MR) is 18.7 cm³/mol. The van der Waals surface area contributed by atoms with E-state index in [2.05, 4.69) is 10.3 Å². The second-order valence-corrected chi connectivity index (χ2v) is 1.38. The number of hydrogen-bond acceptors (Lipinski definition) is 2. The number of rotatable bonds is 0. The Kier molecular flexibility index (Phi) is 0.972. The van der Waals surface area contributed by atoms with E-state index in [-0.39, 0.29) is 13.0 Å². The lowest BCUT2D eigenvalue weighted by molar-refractivity contribution is -0.233. The summed E-state index contributed by atoms with van der Waals surface area (Å²) in [5.74, 6) is 0. The molecular formula is C3H5F2NO. The Labute approximate surface area is 39.4 Å². The second kappa shape index (κ2) is 1.38. The highest BCUT2D eigenvalue weighted by Crippen LogP contribution is 2.21. The summed E-state index contributed by atoms with van der Waals surface area (Å²) < 4.78 is 23.3. The summed E-state index contributed by atoms with van der Waals surface area (Å²) >= 11 is 0. The average Bonchev–Trinajstić information content (AvgIpc) is 1.84. The van der Waals surface area contributed by atoms with Gasteiger partial charge < -0.3 is 0 Å². The van der Waals surface area contributed by atoms with Gasteiger partial charge in [-0.25, -0.2) is 4.84 Å². The van der Waals surface area contributed by atoms with E-state index in [1.54, 1.807) is 0 Å². The van der Waals surface area contributed by atoms with Gasteiger partial charge in [-0.2, -0.15) is 14.3 Å². The largest absolute Gasteiger partial charge is 0.372 e. The van der Waals surface area contributed by atoms with Crippen molar-refractivity contribution in [2.75, 3.05) is 6.54 Å². The molecule has 1 N–H and O–H groups in total. The van der Waals surface area contributed by atoms with Crippen molar-refractivity contribution in [2.45, 2.75) is 12.5 Å². The van der Waals surface area contributed by atoms with Crippen molar-refractivity contribution in [3.63, 3.8) is 0 Å². The van der Waals surface area contributed by atoms with E-state index >= 15 is 0 Å². The van der Waals surface area contributed by atoms with Crippen molar-refractivity contribution >= 4 is 0 Å². The molecule has 7 heavy (non-hydrogen) atoms. The molecule has 0 aromatic heterocycles. The van der Waals surface area contributed by atoms with Gasteiger partial charge in [-0.15, -0.1) is 0 Å². The first-order valence-corrected chi connectivity index (χ1v) is 1.99. The SMILES string of the molecule is FC1(F)CCNO1. The molecule has 1 rings (SSSR count). The molecule has 1 saturated heterocycles. The average molecular weight is 109 g/mol. The molecule has 1 aliphatic heterocycles. The third-order valence-electron chi connectivity index (χ3n) is 0.740. The third-order valence-corrected chi connectivity index (χ3v) is 0.740. The summed E-state index contributed by atoms with van der Waals surface area (Å²) in [7, 11) is 0. The molecule has 2 nitrogen and oxygen atoms in total. The molecular weight excluding hydrogens is 104 g/mol. The minimum absolute atomic E-state index is 0.215. The Bertz CT molecular complexity index is 67.3. The first-order valence-electron chi connectivity index (χ1n) is 1.99. The van der Waals surface area contributed by atoms with Crippen LogP contribution in [0.2, 0.25) is 0 Å². The third kappa shape index (κ3) is 1.07. The Balaban J connectivity index is 2.40. The van der Waals surface area contributed by atoms with Crippen molar-refractivity contribution in [3.8, 4) is 0 Å². The van der Waals surface area contributed by atoms with Crippen molar-refractivity contribution < 1.29 is 13.6 Å². The first-order chi connectivity index (χ1) is 3.21. The second-order valence-electron chi connectivity index (χ2n) is 1.38.